The zero-order valence-corrected chi connectivity index (χ0v) is 11.6. The van der Waals surface area contributed by atoms with E-state index in [1.165, 1.54) is 18.2 Å². The summed E-state index contributed by atoms with van der Waals surface area (Å²) in [4.78, 5) is 2.20. The van der Waals surface area contributed by atoms with Crippen LogP contribution in [0.15, 0.2) is 18.2 Å². The lowest BCUT2D eigenvalue weighted by atomic mass is 10.0. The van der Waals surface area contributed by atoms with Gasteiger partial charge in [0.1, 0.15) is 11.6 Å². The standard InChI is InChI=1S/C15H22F2N2/c1-3-11-9-19(12(4-2)8-18-11)10-13-14(16)6-5-7-15(13)17/h5-7,11-12,18H,3-4,8-10H2,1-2H3. The van der Waals surface area contributed by atoms with Crippen LogP contribution < -0.4 is 5.32 Å². The third-order valence-electron chi connectivity index (χ3n) is 4.00. The van der Waals surface area contributed by atoms with Gasteiger partial charge in [0, 0.05) is 37.3 Å². The molecule has 0 spiro atoms. The van der Waals surface area contributed by atoms with Gasteiger partial charge >= 0.3 is 0 Å². The molecule has 0 bridgehead atoms. The van der Waals surface area contributed by atoms with Crippen LogP contribution >= 0.6 is 0 Å². The molecule has 1 aromatic rings. The molecule has 0 radical (unpaired) electrons. The van der Waals surface area contributed by atoms with Gasteiger partial charge in [0.2, 0.25) is 0 Å². The number of nitrogens with one attached hydrogen (secondary N) is 1. The van der Waals surface area contributed by atoms with Gasteiger partial charge in [-0.1, -0.05) is 19.9 Å². The van der Waals surface area contributed by atoms with Crippen LogP contribution in [0.2, 0.25) is 0 Å². The van der Waals surface area contributed by atoms with Gasteiger partial charge in [-0.25, -0.2) is 8.78 Å². The molecule has 1 fully saturated rings. The highest BCUT2D eigenvalue weighted by atomic mass is 19.1. The van der Waals surface area contributed by atoms with Crippen LogP contribution in [0.4, 0.5) is 8.78 Å². The normalized spacial score (nSPS) is 24.6. The maximum atomic E-state index is 13.7. The van der Waals surface area contributed by atoms with Crippen molar-refractivity contribution in [2.75, 3.05) is 13.1 Å². The molecule has 1 aromatic carbocycles. The van der Waals surface area contributed by atoms with Crippen LogP contribution in [0.1, 0.15) is 32.3 Å². The van der Waals surface area contributed by atoms with Gasteiger partial charge in [-0.15, -0.1) is 0 Å². The van der Waals surface area contributed by atoms with Gasteiger partial charge in [-0.2, -0.15) is 0 Å². The molecule has 1 aliphatic heterocycles. The fourth-order valence-electron chi connectivity index (χ4n) is 2.68. The van der Waals surface area contributed by atoms with Crippen molar-refractivity contribution in [2.45, 2.75) is 45.3 Å². The summed E-state index contributed by atoms with van der Waals surface area (Å²) in [6.07, 6.45) is 2.02. The molecule has 1 N–H and O–H groups in total. The van der Waals surface area contributed by atoms with Crippen molar-refractivity contribution in [2.24, 2.45) is 0 Å². The highest BCUT2D eigenvalue weighted by molar-refractivity contribution is 5.19. The van der Waals surface area contributed by atoms with Gasteiger partial charge in [0.15, 0.2) is 0 Å². The van der Waals surface area contributed by atoms with Crippen LogP contribution in [-0.2, 0) is 6.54 Å². The Kier molecular flexibility index (Phi) is 4.88. The van der Waals surface area contributed by atoms with E-state index in [0.717, 1.165) is 25.9 Å². The van der Waals surface area contributed by atoms with E-state index >= 15 is 0 Å². The Hall–Kier alpha value is -1.00. The maximum Gasteiger partial charge on any atom is 0.130 e. The first kappa shape index (κ1) is 14.4. The van der Waals surface area contributed by atoms with Gasteiger partial charge < -0.3 is 5.32 Å². The van der Waals surface area contributed by atoms with Crippen LogP contribution in [0.3, 0.4) is 0 Å². The van der Waals surface area contributed by atoms with Gasteiger partial charge in [-0.05, 0) is 25.0 Å². The molecule has 1 aliphatic rings. The average molecular weight is 268 g/mol. The lowest BCUT2D eigenvalue weighted by Crippen LogP contribution is -2.55. The number of rotatable bonds is 4. The van der Waals surface area contributed by atoms with Crippen molar-refractivity contribution in [1.29, 1.82) is 0 Å². The monoisotopic (exact) mass is 268 g/mol. The minimum absolute atomic E-state index is 0.192. The molecule has 106 valence electrons. The van der Waals surface area contributed by atoms with E-state index in [1.54, 1.807) is 0 Å². The summed E-state index contributed by atoms with van der Waals surface area (Å²) >= 11 is 0. The number of piperazine rings is 1. The Bertz CT molecular complexity index is 402. The minimum Gasteiger partial charge on any atom is -0.311 e. The van der Waals surface area contributed by atoms with Crippen molar-refractivity contribution in [3.63, 3.8) is 0 Å². The Labute approximate surface area is 113 Å². The summed E-state index contributed by atoms with van der Waals surface area (Å²) in [5.41, 5.74) is 0.192. The van der Waals surface area contributed by atoms with Gasteiger partial charge in [0.05, 0.1) is 0 Å². The molecule has 2 atom stereocenters. The largest absolute Gasteiger partial charge is 0.311 e. The third-order valence-corrected chi connectivity index (χ3v) is 4.00. The topological polar surface area (TPSA) is 15.3 Å². The maximum absolute atomic E-state index is 13.7. The summed E-state index contributed by atoms with van der Waals surface area (Å²) < 4.78 is 27.5. The molecule has 2 nitrogen and oxygen atoms in total. The zero-order chi connectivity index (χ0) is 13.8. The third kappa shape index (κ3) is 3.31. The second-order valence-electron chi connectivity index (χ2n) is 5.21. The first-order chi connectivity index (χ1) is 9.15. The average Bonchev–Trinajstić information content (AvgIpc) is 2.42. The first-order valence-electron chi connectivity index (χ1n) is 7.06. The van der Waals surface area contributed by atoms with Crippen molar-refractivity contribution in [3.05, 3.63) is 35.4 Å². The molecule has 0 amide bonds. The van der Waals surface area contributed by atoms with Crippen molar-refractivity contribution < 1.29 is 8.78 Å². The van der Waals surface area contributed by atoms with Crippen molar-refractivity contribution >= 4 is 0 Å². The summed E-state index contributed by atoms with van der Waals surface area (Å²) in [7, 11) is 0. The van der Waals surface area contributed by atoms with Crippen LogP contribution in [0.5, 0.6) is 0 Å². The van der Waals surface area contributed by atoms with Crippen molar-refractivity contribution in [3.8, 4) is 0 Å². The fraction of sp³-hybridized carbons (Fsp3) is 0.600. The molecule has 0 saturated carbocycles. The quantitative estimate of drug-likeness (QED) is 0.903. The number of hydrogen-bond acceptors (Lipinski definition) is 2. The summed E-state index contributed by atoms with van der Waals surface area (Å²) in [5.74, 6) is -0.886. The number of nitrogens with zero attached hydrogens (tertiary/aromatic N) is 1. The summed E-state index contributed by atoms with van der Waals surface area (Å²) in [6, 6.07) is 4.84. The van der Waals surface area contributed by atoms with Crippen LogP contribution in [-0.4, -0.2) is 30.1 Å². The molecule has 0 aromatic heterocycles. The highest BCUT2D eigenvalue weighted by Gasteiger charge is 2.27. The Balaban J connectivity index is 2.14. The SMILES string of the molecule is CCC1CN(Cc2c(F)cccc2F)C(CC)CN1. The van der Waals surface area contributed by atoms with E-state index in [-0.39, 0.29) is 5.56 Å². The Morgan fingerprint density at radius 2 is 1.89 bits per heavy atom. The molecular formula is C15H22F2N2. The first-order valence-corrected chi connectivity index (χ1v) is 7.06. The molecule has 4 heteroatoms. The molecule has 0 aliphatic carbocycles. The number of halogens is 2. The lowest BCUT2D eigenvalue weighted by molar-refractivity contribution is 0.114. The van der Waals surface area contributed by atoms with E-state index in [2.05, 4.69) is 24.1 Å². The predicted octanol–water partition coefficient (Wildman–Crippen LogP) is 2.93. The van der Waals surface area contributed by atoms with E-state index in [0.29, 0.717) is 18.6 Å². The van der Waals surface area contributed by atoms with E-state index in [4.69, 9.17) is 0 Å². The molecule has 1 saturated heterocycles. The Morgan fingerprint density at radius 1 is 1.21 bits per heavy atom. The molecule has 19 heavy (non-hydrogen) atoms. The molecule has 2 unspecified atom stereocenters. The van der Waals surface area contributed by atoms with Crippen LogP contribution in [0.25, 0.3) is 0 Å². The fourth-order valence-corrected chi connectivity index (χ4v) is 2.68. The zero-order valence-electron chi connectivity index (χ0n) is 11.6. The van der Waals surface area contributed by atoms with E-state index in [1.807, 2.05) is 0 Å². The minimum atomic E-state index is -0.443. The predicted molar refractivity (Wildman–Crippen MR) is 72.9 cm³/mol. The molecular weight excluding hydrogens is 246 g/mol. The number of hydrogen-bond donors (Lipinski definition) is 1. The lowest BCUT2D eigenvalue weighted by Gasteiger charge is -2.40. The second kappa shape index (κ2) is 6.44. The van der Waals surface area contributed by atoms with E-state index in [9.17, 15) is 8.78 Å². The van der Waals surface area contributed by atoms with E-state index < -0.39 is 11.6 Å². The Morgan fingerprint density at radius 3 is 2.47 bits per heavy atom. The van der Waals surface area contributed by atoms with Crippen molar-refractivity contribution in [1.82, 2.24) is 10.2 Å². The van der Waals surface area contributed by atoms with Gasteiger partial charge in [0.25, 0.3) is 0 Å². The summed E-state index contributed by atoms with van der Waals surface area (Å²) in [5, 5.41) is 3.49. The number of benzene rings is 1. The van der Waals surface area contributed by atoms with Crippen LogP contribution in [0, 0.1) is 11.6 Å². The molecule has 1 heterocycles. The highest BCUT2D eigenvalue weighted by Crippen LogP contribution is 2.19. The van der Waals surface area contributed by atoms with Gasteiger partial charge in [-0.3, -0.25) is 4.90 Å². The second-order valence-corrected chi connectivity index (χ2v) is 5.21. The smallest absolute Gasteiger partial charge is 0.130 e. The summed E-state index contributed by atoms with van der Waals surface area (Å²) in [6.45, 7) is 6.35. The molecule has 2 rings (SSSR count).